The molecule has 110 valence electrons. The fraction of sp³-hybridized carbons (Fsp3) is 0.667. The molecule has 2 atom stereocenters. The molecule has 2 aliphatic rings. The van der Waals surface area contributed by atoms with Crippen LogP contribution in [0.3, 0.4) is 0 Å². The summed E-state index contributed by atoms with van der Waals surface area (Å²) >= 11 is 0. The number of aryl methyl sites for hydroxylation is 1. The highest BCUT2D eigenvalue weighted by Gasteiger charge is 2.20. The first-order valence-electron chi connectivity index (χ1n) is 8.30. The molecule has 0 unspecified atom stereocenters. The Bertz CT molecular complexity index is 455. The van der Waals surface area contributed by atoms with Crippen LogP contribution in [0.15, 0.2) is 18.2 Å². The highest BCUT2D eigenvalue weighted by Crippen LogP contribution is 2.27. The number of anilines is 1. The molecule has 1 N–H and O–H groups in total. The zero-order chi connectivity index (χ0) is 13.9. The number of nitrogens with one attached hydrogen (secondary N) is 1. The molecule has 0 radical (unpaired) electrons. The van der Waals surface area contributed by atoms with Gasteiger partial charge in [-0.1, -0.05) is 31.9 Å². The van der Waals surface area contributed by atoms with Crippen LogP contribution in [0.25, 0.3) is 0 Å². The van der Waals surface area contributed by atoms with Crippen molar-refractivity contribution in [3.05, 3.63) is 29.3 Å². The lowest BCUT2D eigenvalue weighted by Gasteiger charge is -2.30. The van der Waals surface area contributed by atoms with Gasteiger partial charge in [0.25, 0.3) is 0 Å². The summed E-state index contributed by atoms with van der Waals surface area (Å²) in [5.74, 6) is 0.840. The number of fused-ring (bicyclic) bond motifs is 1. The van der Waals surface area contributed by atoms with Crippen LogP contribution in [0.2, 0.25) is 0 Å². The van der Waals surface area contributed by atoms with Crippen LogP contribution in [0, 0.1) is 5.92 Å². The summed E-state index contributed by atoms with van der Waals surface area (Å²) in [6, 6.07) is 7.77. The van der Waals surface area contributed by atoms with Crippen molar-refractivity contribution in [2.45, 2.75) is 58.0 Å². The smallest absolute Gasteiger partial charge is 0.0396 e. The van der Waals surface area contributed by atoms with Gasteiger partial charge in [0.2, 0.25) is 0 Å². The van der Waals surface area contributed by atoms with Crippen LogP contribution in [-0.4, -0.2) is 19.6 Å². The van der Waals surface area contributed by atoms with E-state index in [1.54, 1.807) is 0 Å². The van der Waals surface area contributed by atoms with Gasteiger partial charge in [0, 0.05) is 31.9 Å². The summed E-state index contributed by atoms with van der Waals surface area (Å²) in [7, 11) is 2.21. The Hall–Kier alpha value is -1.02. The first kappa shape index (κ1) is 13.9. The highest BCUT2D eigenvalue weighted by molar-refractivity contribution is 5.56. The SMILES string of the molecule is C[C@@H]1CCCC[C@H]1NCc1ccc2c(c1)CCCN2C. The van der Waals surface area contributed by atoms with E-state index >= 15 is 0 Å². The van der Waals surface area contributed by atoms with Crippen LogP contribution in [0.5, 0.6) is 0 Å². The molecule has 2 nitrogen and oxygen atoms in total. The Kier molecular flexibility index (Phi) is 4.30. The van der Waals surface area contributed by atoms with E-state index in [1.165, 1.54) is 61.9 Å². The van der Waals surface area contributed by atoms with Gasteiger partial charge >= 0.3 is 0 Å². The van der Waals surface area contributed by atoms with E-state index in [9.17, 15) is 0 Å². The fourth-order valence-corrected chi connectivity index (χ4v) is 3.82. The van der Waals surface area contributed by atoms with Gasteiger partial charge < -0.3 is 10.2 Å². The lowest BCUT2D eigenvalue weighted by atomic mass is 9.86. The lowest BCUT2D eigenvalue weighted by molar-refractivity contribution is 0.279. The summed E-state index contributed by atoms with van der Waals surface area (Å²) in [5.41, 5.74) is 4.43. The first-order valence-corrected chi connectivity index (χ1v) is 8.30. The topological polar surface area (TPSA) is 15.3 Å². The average molecular weight is 272 g/mol. The summed E-state index contributed by atoms with van der Waals surface area (Å²) in [4.78, 5) is 2.39. The molecule has 1 fully saturated rings. The third kappa shape index (κ3) is 3.01. The summed E-state index contributed by atoms with van der Waals surface area (Å²) in [6.45, 7) is 4.63. The van der Waals surface area contributed by atoms with Gasteiger partial charge in [-0.15, -0.1) is 0 Å². The second-order valence-corrected chi connectivity index (χ2v) is 6.74. The lowest BCUT2D eigenvalue weighted by Crippen LogP contribution is -2.36. The third-order valence-corrected chi connectivity index (χ3v) is 5.17. The van der Waals surface area contributed by atoms with Crippen LogP contribution in [0.4, 0.5) is 5.69 Å². The number of rotatable bonds is 3. The molecule has 1 saturated carbocycles. The van der Waals surface area contributed by atoms with E-state index in [0.717, 1.165) is 18.5 Å². The van der Waals surface area contributed by atoms with Crippen LogP contribution in [-0.2, 0) is 13.0 Å². The van der Waals surface area contributed by atoms with E-state index in [-0.39, 0.29) is 0 Å². The van der Waals surface area contributed by atoms with E-state index in [0.29, 0.717) is 0 Å². The zero-order valence-corrected chi connectivity index (χ0v) is 13.0. The minimum absolute atomic E-state index is 0.724. The molecule has 0 spiro atoms. The largest absolute Gasteiger partial charge is 0.374 e. The molecule has 2 heteroatoms. The van der Waals surface area contributed by atoms with E-state index in [4.69, 9.17) is 0 Å². The van der Waals surface area contributed by atoms with Gasteiger partial charge in [0.15, 0.2) is 0 Å². The molecule has 1 heterocycles. The molecule has 1 aromatic rings. The van der Waals surface area contributed by atoms with E-state index < -0.39 is 0 Å². The molecule has 1 aliphatic carbocycles. The standard InChI is InChI=1S/C18H28N2/c1-14-6-3-4-8-17(14)19-13-15-9-10-18-16(12-15)7-5-11-20(18)2/h9-10,12,14,17,19H,3-8,11,13H2,1-2H3/t14-,17-/m1/s1. The molecular formula is C18H28N2. The van der Waals surface area contributed by atoms with Crippen molar-refractivity contribution < 1.29 is 0 Å². The second-order valence-electron chi connectivity index (χ2n) is 6.74. The number of benzene rings is 1. The van der Waals surface area contributed by atoms with Gasteiger partial charge in [-0.25, -0.2) is 0 Å². The van der Waals surface area contributed by atoms with Gasteiger partial charge in [0.05, 0.1) is 0 Å². The van der Waals surface area contributed by atoms with Crippen molar-refractivity contribution in [1.29, 1.82) is 0 Å². The van der Waals surface area contributed by atoms with Gasteiger partial charge in [-0.2, -0.15) is 0 Å². The van der Waals surface area contributed by atoms with Crippen molar-refractivity contribution >= 4 is 5.69 Å². The van der Waals surface area contributed by atoms with Crippen molar-refractivity contribution in [1.82, 2.24) is 5.32 Å². The van der Waals surface area contributed by atoms with Crippen molar-refractivity contribution in [3.8, 4) is 0 Å². The monoisotopic (exact) mass is 272 g/mol. The predicted octanol–water partition coefficient (Wildman–Crippen LogP) is 3.74. The van der Waals surface area contributed by atoms with Crippen molar-refractivity contribution in [3.63, 3.8) is 0 Å². The molecule has 3 rings (SSSR count). The van der Waals surface area contributed by atoms with Gasteiger partial charge in [-0.05, 0) is 48.8 Å². The zero-order valence-electron chi connectivity index (χ0n) is 13.0. The summed E-state index contributed by atoms with van der Waals surface area (Å²) in [6.07, 6.45) is 8.11. The summed E-state index contributed by atoms with van der Waals surface area (Å²) < 4.78 is 0. The van der Waals surface area contributed by atoms with E-state index in [1.807, 2.05) is 0 Å². The fourth-order valence-electron chi connectivity index (χ4n) is 3.82. The normalized spacial score (nSPS) is 26.4. The number of hydrogen-bond donors (Lipinski definition) is 1. The van der Waals surface area contributed by atoms with Crippen molar-refractivity contribution in [2.24, 2.45) is 5.92 Å². The van der Waals surface area contributed by atoms with Crippen LogP contribution >= 0.6 is 0 Å². The minimum atomic E-state index is 0.724. The highest BCUT2D eigenvalue weighted by atomic mass is 15.1. The van der Waals surface area contributed by atoms with E-state index in [2.05, 4.69) is 42.4 Å². The molecular weight excluding hydrogens is 244 g/mol. The van der Waals surface area contributed by atoms with Gasteiger partial charge in [0.1, 0.15) is 0 Å². The van der Waals surface area contributed by atoms with Crippen molar-refractivity contribution in [2.75, 3.05) is 18.5 Å². The minimum Gasteiger partial charge on any atom is -0.374 e. The Morgan fingerprint density at radius 3 is 2.90 bits per heavy atom. The maximum Gasteiger partial charge on any atom is 0.0396 e. The molecule has 0 aromatic heterocycles. The van der Waals surface area contributed by atoms with Crippen LogP contribution in [0.1, 0.15) is 50.2 Å². The Morgan fingerprint density at radius 1 is 1.20 bits per heavy atom. The molecule has 20 heavy (non-hydrogen) atoms. The Balaban J connectivity index is 1.63. The Morgan fingerprint density at radius 2 is 2.05 bits per heavy atom. The molecule has 0 saturated heterocycles. The van der Waals surface area contributed by atoms with Gasteiger partial charge in [-0.3, -0.25) is 0 Å². The number of hydrogen-bond acceptors (Lipinski definition) is 2. The quantitative estimate of drug-likeness (QED) is 0.902. The second kappa shape index (κ2) is 6.17. The first-order chi connectivity index (χ1) is 9.74. The van der Waals surface area contributed by atoms with Crippen LogP contribution < -0.4 is 10.2 Å². The molecule has 0 bridgehead atoms. The summed E-state index contributed by atoms with van der Waals surface area (Å²) in [5, 5.41) is 3.79. The predicted molar refractivity (Wildman–Crippen MR) is 86.3 cm³/mol. The molecule has 0 amide bonds. The Labute approximate surface area is 123 Å². The maximum absolute atomic E-state index is 3.79. The number of nitrogens with zero attached hydrogens (tertiary/aromatic N) is 1. The molecule has 1 aliphatic heterocycles. The molecule has 1 aromatic carbocycles. The third-order valence-electron chi connectivity index (χ3n) is 5.17. The average Bonchev–Trinajstić information content (AvgIpc) is 2.46. The maximum atomic E-state index is 3.79.